The fraction of sp³-hybridized carbons (Fsp3) is 1.00. The van der Waals surface area contributed by atoms with E-state index in [0.29, 0.717) is 32.7 Å². The molecular formula is C14H33Ac4Cl2MnN5O4. The molecule has 0 aromatic heterocycles. The molecule has 1 saturated heterocycles. The van der Waals surface area contributed by atoms with Crippen LogP contribution < -0.4 is 26.6 Å². The number of halogens is 2. The van der Waals surface area contributed by atoms with Crippen LogP contribution in [0.1, 0.15) is 0 Å². The standard InChI is InChI=1S/C14H33N5O4.4Ac.2ClH.Mn/c20-7-11-3-15-1-2-16-12(8-21)4-18-14(10-23)6-19-13(9-22)5-17-11;;;;;;;/h11-23H,1-10H2;;;;;2*1H;/q;;;;;;;+2/p-2/t11-,12+,13+,14-;;;;;;;/m0......./s1. The van der Waals surface area contributed by atoms with Crippen molar-refractivity contribution in [3.63, 3.8) is 0 Å². The average Bonchev–Trinajstić information content (AvgIpc) is 2.66. The van der Waals surface area contributed by atoms with E-state index in [9.17, 15) is 20.4 Å². The van der Waals surface area contributed by atoms with Gasteiger partial charge < -0.3 is 47.0 Å². The van der Waals surface area contributed by atoms with Gasteiger partial charge in [0.1, 0.15) is 0 Å². The van der Waals surface area contributed by atoms with Gasteiger partial charge in [-0.15, -0.1) is 0 Å². The predicted molar refractivity (Wildman–Crippen MR) is 100 cm³/mol. The van der Waals surface area contributed by atoms with Crippen molar-refractivity contribution in [3.05, 3.63) is 0 Å². The van der Waals surface area contributed by atoms with Gasteiger partial charge in [-0.1, -0.05) is 0 Å². The van der Waals surface area contributed by atoms with E-state index in [1.807, 2.05) is 0 Å². The van der Waals surface area contributed by atoms with Crippen molar-refractivity contribution < 1.29 is 210 Å². The van der Waals surface area contributed by atoms with E-state index in [-0.39, 0.29) is 240 Å². The van der Waals surface area contributed by atoms with Crippen LogP contribution in [0.2, 0.25) is 0 Å². The molecule has 16 heteroatoms. The summed E-state index contributed by atoms with van der Waals surface area (Å²) in [5.74, 6) is 0. The molecule has 0 amide bonds. The van der Waals surface area contributed by atoms with Crippen LogP contribution in [0.25, 0.3) is 0 Å². The molecule has 9 N–H and O–H groups in total. The Balaban J connectivity index is -0.000000280. The van der Waals surface area contributed by atoms with Gasteiger partial charge in [0.05, 0.1) is 26.4 Å². The van der Waals surface area contributed by atoms with E-state index >= 15 is 0 Å². The third-order valence-corrected chi connectivity index (χ3v) is 3.97. The molecule has 1 rings (SSSR count). The van der Waals surface area contributed by atoms with Gasteiger partial charge >= 0.3 is 33.3 Å². The fourth-order valence-electron chi connectivity index (χ4n) is 2.37. The van der Waals surface area contributed by atoms with E-state index in [2.05, 4.69) is 26.6 Å². The first-order chi connectivity index (χ1) is 12.6. The predicted octanol–water partition coefficient (Wildman–Crippen LogP) is -3.23. The molecule has 9 nitrogen and oxygen atoms in total. The Bertz CT molecular complexity index is 308. The first-order valence-electron chi connectivity index (χ1n) is 8.59. The Morgan fingerprint density at radius 1 is 0.567 bits per heavy atom. The zero-order valence-electron chi connectivity index (χ0n) is 17.1. The monoisotopic (exact) mass is 1370 g/mol. The van der Waals surface area contributed by atoms with Gasteiger partial charge in [0.25, 0.3) is 0 Å². The molecule has 0 spiro atoms. The van der Waals surface area contributed by atoms with Gasteiger partial charge in [0, 0.05) is 240 Å². The molecule has 1 heterocycles. The van der Waals surface area contributed by atoms with Gasteiger partial charge in [-0.3, -0.25) is 0 Å². The molecule has 1 fully saturated rings. The Labute approximate surface area is 338 Å². The Morgan fingerprint density at radius 3 is 1.20 bits per heavy atom. The van der Waals surface area contributed by atoms with Gasteiger partial charge in [-0.05, 0) is 0 Å². The van der Waals surface area contributed by atoms with Gasteiger partial charge in [0.15, 0.2) is 0 Å². The number of hydrogen-bond acceptors (Lipinski definition) is 9. The molecule has 30 heavy (non-hydrogen) atoms. The summed E-state index contributed by atoms with van der Waals surface area (Å²) in [5, 5.41) is 53.7. The summed E-state index contributed by atoms with van der Waals surface area (Å²) in [4.78, 5) is 0. The van der Waals surface area contributed by atoms with Crippen LogP contribution in [0.3, 0.4) is 0 Å². The van der Waals surface area contributed by atoms with Crippen molar-refractivity contribution >= 4 is 20.2 Å². The molecule has 0 saturated carbocycles. The number of hydrogen-bond donors (Lipinski definition) is 9. The van der Waals surface area contributed by atoms with Crippen LogP contribution in [-0.4, -0.2) is 110 Å². The molecule has 0 aromatic rings. The van der Waals surface area contributed by atoms with E-state index in [1.165, 1.54) is 0 Å². The van der Waals surface area contributed by atoms with Crippen LogP contribution in [0.15, 0.2) is 0 Å². The summed E-state index contributed by atoms with van der Waals surface area (Å²) in [6.45, 7) is 3.59. The summed E-state index contributed by atoms with van der Waals surface area (Å²) < 4.78 is 0. The molecule has 1 aliphatic heterocycles. The second kappa shape index (κ2) is 35.5. The zero-order chi connectivity index (χ0) is 19.6. The van der Waals surface area contributed by atoms with Crippen LogP contribution in [0.5, 0.6) is 0 Å². The SMILES string of the molecule is OC[C@@H]1CNCCN[C@@H](CO)CN[C@H](CO)CN[C@@H](CO)CN1.[Ac].[Ac].[Ac].[Ac].[Cl][Mn][Cl]. The van der Waals surface area contributed by atoms with Gasteiger partial charge in [-0.25, -0.2) is 0 Å². The minimum absolute atomic E-state index is 0. The second-order valence-electron chi connectivity index (χ2n) is 5.95. The van der Waals surface area contributed by atoms with Crippen molar-refractivity contribution in [3.8, 4) is 0 Å². The third kappa shape index (κ3) is 27.5. The summed E-state index contributed by atoms with van der Waals surface area (Å²) in [6.07, 6.45) is 0. The van der Waals surface area contributed by atoms with Crippen LogP contribution in [0.4, 0.5) is 0 Å². The first kappa shape index (κ1) is 46.4. The maximum atomic E-state index is 9.43. The number of aliphatic hydroxyl groups is 4. The molecule has 0 bridgehead atoms. The van der Waals surface area contributed by atoms with Crippen molar-refractivity contribution in [1.82, 2.24) is 26.6 Å². The normalized spacial score (nSPS) is 25.8. The summed E-state index contributed by atoms with van der Waals surface area (Å²) in [6, 6.07) is -0.485. The number of aliphatic hydroxyl groups excluding tert-OH is 4. The second-order valence-corrected chi connectivity index (χ2v) is 7.90. The van der Waals surface area contributed by atoms with E-state index in [4.69, 9.17) is 20.2 Å². The Morgan fingerprint density at radius 2 is 0.867 bits per heavy atom. The van der Waals surface area contributed by atoms with Crippen molar-refractivity contribution in [2.24, 2.45) is 0 Å². The van der Waals surface area contributed by atoms with Crippen molar-refractivity contribution in [2.45, 2.75) is 24.2 Å². The van der Waals surface area contributed by atoms with E-state index in [0.717, 1.165) is 6.54 Å². The molecule has 4 radical (unpaired) electrons. The topological polar surface area (TPSA) is 141 Å². The van der Waals surface area contributed by atoms with Gasteiger partial charge in [-0.2, -0.15) is 0 Å². The third-order valence-electron chi connectivity index (χ3n) is 3.97. The van der Waals surface area contributed by atoms with Crippen molar-refractivity contribution in [1.29, 1.82) is 0 Å². The molecular weight excluding hydrogens is 1340 g/mol. The number of nitrogens with one attached hydrogen (secondary N) is 5. The fourth-order valence-corrected chi connectivity index (χ4v) is 2.37. The van der Waals surface area contributed by atoms with E-state index < -0.39 is 0 Å². The van der Waals surface area contributed by atoms with Crippen LogP contribution in [-0.2, 0) is 13.1 Å². The quantitative estimate of drug-likeness (QED) is 0.133. The molecule has 171 valence electrons. The molecule has 0 aliphatic carbocycles. The number of rotatable bonds is 4. The first-order valence-corrected chi connectivity index (χ1v) is 11.8. The molecule has 4 atom stereocenters. The van der Waals surface area contributed by atoms with Crippen LogP contribution >= 0.6 is 20.2 Å². The Kier molecular flexibility index (Phi) is 54.9. The Hall–Kier alpha value is 6.51. The van der Waals surface area contributed by atoms with E-state index in [1.54, 1.807) is 0 Å². The van der Waals surface area contributed by atoms with Gasteiger partial charge in [0.2, 0.25) is 0 Å². The molecule has 0 aromatic carbocycles. The van der Waals surface area contributed by atoms with Crippen LogP contribution in [0, 0.1) is 176 Å². The summed E-state index contributed by atoms with van der Waals surface area (Å²) >= 11 is 0.00694. The molecule has 1 aliphatic rings. The van der Waals surface area contributed by atoms with Crippen molar-refractivity contribution in [2.75, 3.05) is 65.7 Å². The molecule has 0 unspecified atom stereocenters. The zero-order valence-corrected chi connectivity index (χ0v) is 38.8. The summed E-state index contributed by atoms with van der Waals surface area (Å²) in [7, 11) is 9.59. The maximum absolute atomic E-state index is 9.43. The summed E-state index contributed by atoms with van der Waals surface area (Å²) in [5.41, 5.74) is 0. The minimum atomic E-state index is -0.156. The average molecular weight is 1370 g/mol.